The van der Waals surface area contributed by atoms with E-state index in [9.17, 15) is 31.2 Å². The van der Waals surface area contributed by atoms with E-state index in [2.05, 4.69) is 15.3 Å². The molecule has 1 fully saturated rings. The zero-order chi connectivity index (χ0) is 24.9. The van der Waals surface area contributed by atoms with E-state index < -0.39 is 37.7 Å². The molecule has 2 aliphatic rings. The molecule has 0 aliphatic carbocycles. The smallest absolute Gasteiger partial charge is 0.367 e. The van der Waals surface area contributed by atoms with Crippen LogP contribution in [0.25, 0.3) is 0 Å². The van der Waals surface area contributed by atoms with E-state index in [1.54, 1.807) is 32.2 Å². The lowest BCUT2D eigenvalue weighted by atomic mass is 10.0. The Morgan fingerprint density at radius 1 is 1.12 bits per heavy atom. The maximum atomic E-state index is 13.2. The number of amides is 3. The molecule has 2 aromatic rings. The number of hydrogen-bond acceptors (Lipinski definition) is 7. The van der Waals surface area contributed by atoms with E-state index in [-0.39, 0.29) is 12.2 Å². The van der Waals surface area contributed by atoms with Crippen molar-refractivity contribution in [1.29, 1.82) is 0 Å². The summed E-state index contributed by atoms with van der Waals surface area (Å²) in [5.41, 5.74) is -5.46. The number of rotatable bonds is 5. The van der Waals surface area contributed by atoms with Crippen LogP contribution in [0.3, 0.4) is 0 Å². The van der Waals surface area contributed by atoms with Crippen LogP contribution in [0.5, 0.6) is 0 Å². The van der Waals surface area contributed by atoms with Gasteiger partial charge in [0.15, 0.2) is 0 Å². The number of benzene rings is 1. The fraction of sp³-hybridized carbons (Fsp3) is 0.333. The van der Waals surface area contributed by atoms with Crippen molar-refractivity contribution in [3.8, 4) is 0 Å². The lowest BCUT2D eigenvalue weighted by Crippen LogP contribution is -2.43. The highest BCUT2D eigenvalue weighted by atomic mass is 32.2. The second kappa shape index (κ2) is 8.08. The van der Waals surface area contributed by atoms with Gasteiger partial charge in [0, 0.05) is 19.3 Å². The van der Waals surface area contributed by atoms with Crippen molar-refractivity contribution in [3.63, 3.8) is 0 Å². The molecule has 1 N–H and O–H groups in total. The molecule has 2 aliphatic heterocycles. The van der Waals surface area contributed by atoms with Gasteiger partial charge in [-0.2, -0.15) is 13.2 Å². The van der Waals surface area contributed by atoms with Crippen LogP contribution < -0.4 is 10.2 Å². The fourth-order valence-electron chi connectivity index (χ4n) is 3.69. The number of urea groups is 1. The number of imide groups is 1. The number of sulfone groups is 1. The summed E-state index contributed by atoms with van der Waals surface area (Å²) in [6, 6.07) is 6.22. The Hall–Kier alpha value is -3.48. The van der Waals surface area contributed by atoms with Crippen molar-refractivity contribution in [1.82, 2.24) is 15.2 Å². The highest BCUT2D eigenvalue weighted by Crippen LogP contribution is 2.35. The van der Waals surface area contributed by atoms with Gasteiger partial charge in [-0.1, -0.05) is 0 Å². The Labute approximate surface area is 193 Å². The third-order valence-corrected chi connectivity index (χ3v) is 7.12. The lowest BCUT2D eigenvalue weighted by Gasteiger charge is -2.27. The Kier molecular flexibility index (Phi) is 5.62. The number of nitrogens with one attached hydrogen (secondary N) is 1. The maximum Gasteiger partial charge on any atom is 0.501 e. The summed E-state index contributed by atoms with van der Waals surface area (Å²) in [6.45, 7) is 4.51. The molecule has 1 aromatic heterocycles. The van der Waals surface area contributed by atoms with Gasteiger partial charge in [-0.15, -0.1) is 0 Å². The first-order chi connectivity index (χ1) is 15.8. The summed E-state index contributed by atoms with van der Waals surface area (Å²) in [6.07, 6.45) is 1.57. The number of anilines is 1. The summed E-state index contributed by atoms with van der Waals surface area (Å²) in [5, 5.41) is 3.11. The number of nitrogens with zero attached hydrogens (tertiary/aromatic N) is 4. The van der Waals surface area contributed by atoms with Crippen LogP contribution >= 0.6 is 0 Å². The molecular formula is C21H20F3N5O4S. The SMILES string of the molecule is CC1(C)C(=O)N(c2ccc(S(=O)(=O)C(F)(F)F)cc2)C(=O)N1Cc1ccnc(C2=NCCN2)c1. The van der Waals surface area contributed by atoms with Crippen molar-refractivity contribution in [3.05, 3.63) is 53.9 Å². The minimum Gasteiger partial charge on any atom is -0.367 e. The fourth-order valence-corrected chi connectivity index (χ4v) is 4.45. The monoisotopic (exact) mass is 495 g/mol. The first-order valence-corrected chi connectivity index (χ1v) is 11.6. The van der Waals surface area contributed by atoms with Crippen LogP contribution in [-0.4, -0.2) is 60.2 Å². The van der Waals surface area contributed by atoms with Gasteiger partial charge >= 0.3 is 11.5 Å². The molecule has 9 nitrogen and oxygen atoms in total. The predicted molar refractivity (Wildman–Crippen MR) is 116 cm³/mol. The standard InChI is InChI=1S/C21H20F3N5O4S/c1-20(2)18(30)29(14-3-5-15(6-4-14)34(32,33)21(22,23)24)19(31)28(20)12-13-7-8-25-16(11-13)17-26-9-10-27-17/h3-8,11H,9-10,12H2,1-2H3,(H,26,27). The molecule has 0 unspecified atom stereocenters. The average molecular weight is 495 g/mol. The van der Waals surface area contributed by atoms with Gasteiger partial charge in [0.25, 0.3) is 15.7 Å². The molecule has 1 aromatic carbocycles. The van der Waals surface area contributed by atoms with Crippen LogP contribution in [0.15, 0.2) is 52.5 Å². The van der Waals surface area contributed by atoms with Gasteiger partial charge in [0.05, 0.1) is 17.1 Å². The summed E-state index contributed by atoms with van der Waals surface area (Å²) in [5.74, 6) is 0.0421. The van der Waals surface area contributed by atoms with E-state index in [0.717, 1.165) is 29.2 Å². The topological polar surface area (TPSA) is 112 Å². The average Bonchev–Trinajstić information content (AvgIpc) is 3.36. The van der Waals surface area contributed by atoms with Crippen LogP contribution in [0, 0.1) is 0 Å². The number of aromatic nitrogens is 1. The second-order valence-corrected chi connectivity index (χ2v) is 10.2. The normalized spacial score (nSPS) is 18.3. The number of aliphatic imine (C=N–C) groups is 1. The maximum absolute atomic E-state index is 13.2. The van der Waals surface area contributed by atoms with Crippen molar-refractivity contribution >= 4 is 33.3 Å². The van der Waals surface area contributed by atoms with Gasteiger partial charge in [0.1, 0.15) is 17.1 Å². The zero-order valence-electron chi connectivity index (χ0n) is 18.1. The Morgan fingerprint density at radius 2 is 1.79 bits per heavy atom. The highest BCUT2D eigenvalue weighted by molar-refractivity contribution is 7.92. The molecule has 180 valence electrons. The van der Waals surface area contributed by atoms with E-state index in [0.29, 0.717) is 30.2 Å². The van der Waals surface area contributed by atoms with E-state index in [1.807, 2.05) is 0 Å². The number of pyridine rings is 1. The summed E-state index contributed by atoms with van der Waals surface area (Å²) in [7, 11) is -5.55. The molecule has 3 heterocycles. The van der Waals surface area contributed by atoms with Gasteiger partial charge in [-0.3, -0.25) is 14.8 Å². The molecule has 0 bridgehead atoms. The number of carbonyl (C=O) groups is 2. The molecule has 0 saturated carbocycles. The third-order valence-electron chi connectivity index (χ3n) is 5.62. The molecule has 34 heavy (non-hydrogen) atoms. The van der Waals surface area contributed by atoms with Gasteiger partial charge in [-0.05, 0) is 55.8 Å². The number of alkyl halides is 3. The number of carbonyl (C=O) groups excluding carboxylic acids is 2. The largest absolute Gasteiger partial charge is 0.501 e. The van der Waals surface area contributed by atoms with Crippen molar-refractivity contribution in [2.45, 2.75) is 36.3 Å². The first kappa shape index (κ1) is 23.7. The predicted octanol–water partition coefficient (Wildman–Crippen LogP) is 2.47. The lowest BCUT2D eigenvalue weighted by molar-refractivity contribution is -0.123. The summed E-state index contributed by atoms with van der Waals surface area (Å²) < 4.78 is 61.6. The summed E-state index contributed by atoms with van der Waals surface area (Å²) >= 11 is 0. The van der Waals surface area contributed by atoms with Crippen molar-refractivity contribution < 1.29 is 31.2 Å². The Balaban J connectivity index is 1.61. The minimum atomic E-state index is -5.55. The molecule has 0 radical (unpaired) electrons. The third kappa shape index (κ3) is 3.89. The molecule has 4 rings (SSSR count). The van der Waals surface area contributed by atoms with Crippen LogP contribution in [-0.2, 0) is 21.2 Å². The highest BCUT2D eigenvalue weighted by Gasteiger charge is 2.52. The quantitative estimate of drug-likeness (QED) is 0.638. The first-order valence-electron chi connectivity index (χ1n) is 10.2. The van der Waals surface area contributed by atoms with E-state index in [1.165, 1.54) is 4.90 Å². The number of hydrogen-bond donors (Lipinski definition) is 1. The Bertz CT molecular complexity index is 1290. The molecule has 1 saturated heterocycles. The van der Waals surface area contributed by atoms with Crippen LogP contribution in [0.1, 0.15) is 25.1 Å². The zero-order valence-corrected chi connectivity index (χ0v) is 18.9. The number of halogens is 3. The number of amidine groups is 1. The van der Waals surface area contributed by atoms with Crippen molar-refractivity contribution in [2.24, 2.45) is 4.99 Å². The van der Waals surface area contributed by atoms with E-state index >= 15 is 0 Å². The molecule has 3 amide bonds. The summed E-state index contributed by atoms with van der Waals surface area (Å²) in [4.78, 5) is 36.0. The van der Waals surface area contributed by atoms with Gasteiger partial charge in [0.2, 0.25) is 0 Å². The molecular weight excluding hydrogens is 475 g/mol. The molecule has 0 atom stereocenters. The Morgan fingerprint density at radius 3 is 2.38 bits per heavy atom. The molecule has 13 heteroatoms. The van der Waals surface area contributed by atoms with E-state index in [4.69, 9.17) is 0 Å². The van der Waals surface area contributed by atoms with Crippen LogP contribution in [0.4, 0.5) is 23.7 Å². The minimum absolute atomic E-state index is 0.0355. The molecule has 0 spiro atoms. The van der Waals surface area contributed by atoms with Gasteiger partial charge < -0.3 is 10.2 Å². The van der Waals surface area contributed by atoms with Crippen LogP contribution in [0.2, 0.25) is 0 Å². The van der Waals surface area contributed by atoms with Crippen molar-refractivity contribution in [2.75, 3.05) is 18.0 Å². The second-order valence-electron chi connectivity index (χ2n) is 8.22. The van der Waals surface area contributed by atoms with Gasteiger partial charge in [-0.25, -0.2) is 18.1 Å².